The van der Waals surface area contributed by atoms with Gasteiger partial charge in [0.25, 0.3) is 0 Å². The number of halogens is 1. The van der Waals surface area contributed by atoms with Crippen LogP contribution in [-0.4, -0.2) is 38.4 Å². The molecule has 0 amide bonds. The van der Waals surface area contributed by atoms with Crippen molar-refractivity contribution in [3.8, 4) is 5.75 Å². The lowest BCUT2D eigenvalue weighted by Gasteiger charge is -2.27. The minimum atomic E-state index is 0.694. The van der Waals surface area contributed by atoms with E-state index < -0.39 is 0 Å². The van der Waals surface area contributed by atoms with Crippen LogP contribution in [0.4, 0.5) is 11.8 Å². The number of ether oxygens (including phenoxy) is 1. The zero-order valence-electron chi connectivity index (χ0n) is 15.6. The number of imidazole rings is 1. The number of fused-ring (bicyclic) bond motifs is 2. The number of hydrogen-bond donors (Lipinski definition) is 1. The molecule has 0 spiro atoms. The largest absolute Gasteiger partial charge is 0.497 e. The Bertz CT molecular complexity index is 934. The number of unbranched alkanes of at least 4 members (excludes halogenated alkanes) is 2. The van der Waals surface area contributed by atoms with Gasteiger partial charge in [-0.1, -0.05) is 31.9 Å². The molecule has 2 aromatic heterocycles. The van der Waals surface area contributed by atoms with Crippen LogP contribution in [0.2, 0.25) is 0 Å². The summed E-state index contributed by atoms with van der Waals surface area (Å²) in [5.74, 6) is 3.61. The third kappa shape index (κ3) is 3.58. The zero-order chi connectivity index (χ0) is 18.8. The van der Waals surface area contributed by atoms with Crippen LogP contribution < -0.4 is 9.64 Å². The summed E-state index contributed by atoms with van der Waals surface area (Å²) in [4.78, 5) is 10.1. The molecule has 1 aliphatic rings. The molecule has 0 saturated carbocycles. The van der Waals surface area contributed by atoms with Crippen LogP contribution in [0.1, 0.15) is 43.3 Å². The van der Waals surface area contributed by atoms with Gasteiger partial charge in [0.2, 0.25) is 5.95 Å². The maximum atomic E-state index is 5.34. The van der Waals surface area contributed by atoms with Gasteiger partial charge in [-0.25, -0.2) is 4.98 Å². The quantitative estimate of drug-likeness (QED) is 0.572. The summed E-state index contributed by atoms with van der Waals surface area (Å²) in [5.41, 5.74) is 2.23. The van der Waals surface area contributed by atoms with E-state index >= 15 is 0 Å². The highest BCUT2D eigenvalue weighted by Crippen LogP contribution is 2.34. The number of hydrogen-bond acceptors (Lipinski definition) is 5. The van der Waals surface area contributed by atoms with Gasteiger partial charge in [0.1, 0.15) is 11.6 Å². The molecule has 27 heavy (non-hydrogen) atoms. The summed E-state index contributed by atoms with van der Waals surface area (Å²) >= 11 is 3.47. The lowest BCUT2D eigenvalue weighted by atomic mass is 10.1. The van der Waals surface area contributed by atoms with Crippen LogP contribution in [0.25, 0.3) is 0 Å². The van der Waals surface area contributed by atoms with Gasteiger partial charge in [0.15, 0.2) is 10.6 Å². The Hall–Kier alpha value is -2.35. The van der Waals surface area contributed by atoms with Gasteiger partial charge >= 0.3 is 0 Å². The molecule has 3 aromatic rings. The maximum absolute atomic E-state index is 5.34. The molecule has 0 atom stereocenters. The molecule has 0 fully saturated rings. The topological polar surface area (TPSA) is 71.9 Å². The van der Waals surface area contributed by atoms with Crippen molar-refractivity contribution in [1.29, 1.82) is 0 Å². The van der Waals surface area contributed by atoms with E-state index in [1.54, 1.807) is 7.11 Å². The first-order chi connectivity index (χ1) is 13.2. The number of rotatable bonds is 7. The number of methoxy groups -OCH3 is 1. The van der Waals surface area contributed by atoms with E-state index in [9.17, 15) is 0 Å². The zero-order valence-corrected chi connectivity index (χ0v) is 17.2. The van der Waals surface area contributed by atoms with Crippen LogP contribution in [0.5, 0.6) is 5.75 Å². The first-order valence-corrected chi connectivity index (χ1v) is 10.1. The highest BCUT2D eigenvalue weighted by atomic mass is 79.9. The third-order valence-electron chi connectivity index (χ3n) is 4.83. The van der Waals surface area contributed by atoms with Crippen molar-refractivity contribution in [1.82, 2.24) is 24.7 Å². The Balaban J connectivity index is 1.65. The van der Waals surface area contributed by atoms with E-state index in [0.717, 1.165) is 52.3 Å². The van der Waals surface area contributed by atoms with E-state index in [0.29, 0.717) is 13.0 Å². The number of nitrogens with one attached hydrogen (secondary N) is 1. The summed E-state index contributed by atoms with van der Waals surface area (Å²) < 4.78 is 8.27. The fourth-order valence-electron chi connectivity index (χ4n) is 3.46. The van der Waals surface area contributed by atoms with Crippen molar-refractivity contribution in [2.24, 2.45) is 0 Å². The fraction of sp³-hybridized carbons (Fsp3) is 0.421. The summed E-state index contributed by atoms with van der Waals surface area (Å²) in [7, 11) is 1.68. The Morgan fingerprint density at radius 3 is 2.96 bits per heavy atom. The number of benzene rings is 1. The summed E-state index contributed by atoms with van der Waals surface area (Å²) in [5, 5.41) is 8.99. The van der Waals surface area contributed by atoms with Crippen molar-refractivity contribution >= 4 is 27.7 Å². The molecule has 1 aliphatic heterocycles. The average molecular weight is 431 g/mol. The molecule has 7 nitrogen and oxygen atoms in total. The lowest BCUT2D eigenvalue weighted by molar-refractivity contribution is 0.414. The van der Waals surface area contributed by atoms with Crippen molar-refractivity contribution in [2.75, 3.05) is 18.6 Å². The molecule has 0 bridgehead atoms. The normalized spacial score (nSPS) is 12.8. The van der Waals surface area contributed by atoms with Crippen LogP contribution in [0.15, 0.2) is 29.0 Å². The van der Waals surface area contributed by atoms with Crippen molar-refractivity contribution in [2.45, 2.75) is 39.2 Å². The van der Waals surface area contributed by atoms with Crippen LogP contribution in [0, 0.1) is 0 Å². The second-order valence-electron chi connectivity index (χ2n) is 6.72. The van der Waals surface area contributed by atoms with Crippen LogP contribution >= 0.6 is 15.9 Å². The molecule has 4 rings (SSSR count). The van der Waals surface area contributed by atoms with Gasteiger partial charge in [-0.15, -0.1) is 10.2 Å². The first kappa shape index (κ1) is 18.0. The third-order valence-corrected chi connectivity index (χ3v) is 5.21. The molecule has 8 heteroatoms. The monoisotopic (exact) mass is 430 g/mol. The van der Waals surface area contributed by atoms with Gasteiger partial charge in [-0.2, -0.15) is 0 Å². The van der Waals surface area contributed by atoms with Crippen molar-refractivity contribution in [3.05, 3.63) is 46.1 Å². The molecular weight excluding hydrogens is 408 g/mol. The molecule has 1 aromatic carbocycles. The van der Waals surface area contributed by atoms with Gasteiger partial charge in [0.05, 0.1) is 19.3 Å². The predicted octanol–water partition coefficient (Wildman–Crippen LogP) is 4.05. The molecule has 0 aliphatic carbocycles. The lowest BCUT2D eigenvalue weighted by Crippen LogP contribution is -2.28. The molecule has 0 radical (unpaired) electrons. The van der Waals surface area contributed by atoms with Crippen LogP contribution in [0.3, 0.4) is 0 Å². The SMILES string of the molecule is CCCCCN1c2nc(Br)[nH]c2Cn2c(Cc3cccc(OC)c3)nnc21. The molecule has 1 N–H and O–H groups in total. The average Bonchev–Trinajstić information content (AvgIpc) is 3.24. The molecule has 0 saturated heterocycles. The highest BCUT2D eigenvalue weighted by molar-refractivity contribution is 9.10. The Labute approximate surface area is 166 Å². The molecule has 142 valence electrons. The summed E-state index contributed by atoms with van der Waals surface area (Å²) in [6.07, 6.45) is 4.16. The van der Waals surface area contributed by atoms with E-state index in [2.05, 4.69) is 58.6 Å². The number of H-pyrrole nitrogens is 1. The minimum Gasteiger partial charge on any atom is -0.497 e. The molecular formula is C19H23BrN6O. The van der Waals surface area contributed by atoms with Crippen molar-refractivity contribution < 1.29 is 4.74 Å². The molecule has 3 heterocycles. The minimum absolute atomic E-state index is 0.694. The summed E-state index contributed by atoms with van der Waals surface area (Å²) in [6, 6.07) is 8.08. The van der Waals surface area contributed by atoms with E-state index in [-0.39, 0.29) is 0 Å². The number of anilines is 2. The standard InChI is InChI=1S/C19H23BrN6O/c1-3-4-5-9-25-17-15(21-18(20)22-17)12-26-16(23-24-19(25)26)11-13-7-6-8-14(10-13)27-2/h6-8,10H,3-5,9,11-12H2,1-2H3,(H,21,22). The summed E-state index contributed by atoms with van der Waals surface area (Å²) in [6.45, 7) is 3.79. The first-order valence-electron chi connectivity index (χ1n) is 9.26. The smallest absolute Gasteiger partial charge is 0.233 e. The second kappa shape index (κ2) is 7.72. The predicted molar refractivity (Wildman–Crippen MR) is 108 cm³/mol. The molecule has 0 unspecified atom stereocenters. The fourth-order valence-corrected chi connectivity index (χ4v) is 3.87. The van der Waals surface area contributed by atoms with E-state index in [1.165, 1.54) is 12.8 Å². The van der Waals surface area contributed by atoms with Crippen molar-refractivity contribution in [3.63, 3.8) is 0 Å². The van der Waals surface area contributed by atoms with Gasteiger partial charge < -0.3 is 9.72 Å². The second-order valence-corrected chi connectivity index (χ2v) is 7.47. The van der Waals surface area contributed by atoms with E-state index in [1.807, 2.05) is 18.2 Å². The number of aromatic amines is 1. The van der Waals surface area contributed by atoms with E-state index in [4.69, 9.17) is 4.74 Å². The number of nitrogens with zero attached hydrogens (tertiary/aromatic N) is 5. The van der Waals surface area contributed by atoms with Gasteiger partial charge in [0, 0.05) is 13.0 Å². The Kier molecular flexibility index (Phi) is 5.15. The Morgan fingerprint density at radius 2 is 2.15 bits per heavy atom. The Morgan fingerprint density at radius 1 is 1.26 bits per heavy atom. The van der Waals surface area contributed by atoms with Gasteiger partial charge in [-0.05, 0) is 40.0 Å². The van der Waals surface area contributed by atoms with Gasteiger partial charge in [-0.3, -0.25) is 9.47 Å². The maximum Gasteiger partial charge on any atom is 0.233 e. The van der Waals surface area contributed by atoms with Crippen LogP contribution in [-0.2, 0) is 13.0 Å². The number of aromatic nitrogens is 5. The highest BCUT2D eigenvalue weighted by Gasteiger charge is 2.29.